The van der Waals surface area contributed by atoms with Gasteiger partial charge in [0, 0.05) is 57.9 Å². The van der Waals surface area contributed by atoms with Gasteiger partial charge in [0.2, 0.25) is 15.9 Å². The summed E-state index contributed by atoms with van der Waals surface area (Å²) in [4.78, 5) is 29.7. The van der Waals surface area contributed by atoms with Crippen molar-refractivity contribution in [3.05, 3.63) is 29.6 Å². The third-order valence-electron chi connectivity index (χ3n) is 5.78. The summed E-state index contributed by atoms with van der Waals surface area (Å²) in [6, 6.07) is 4.50. The number of benzene rings is 1. The molecule has 2 aliphatic rings. The zero-order chi connectivity index (χ0) is 21.9. The third-order valence-corrected chi connectivity index (χ3v) is 7.66. The number of piperazine rings is 2. The highest BCUT2D eigenvalue weighted by atomic mass is 32.2. The average Bonchev–Trinajstić information content (AvgIpc) is 2.74. The van der Waals surface area contributed by atoms with Crippen LogP contribution in [0.3, 0.4) is 0 Å². The Balaban J connectivity index is 1.49. The number of ketones is 1. The third kappa shape index (κ3) is 5.16. The first-order valence-electron chi connectivity index (χ1n) is 10.2. The molecule has 2 heterocycles. The fourth-order valence-corrected chi connectivity index (χ4v) is 4.90. The maximum absolute atomic E-state index is 14.4. The topological polar surface area (TPSA) is 81.2 Å². The second-order valence-electron chi connectivity index (χ2n) is 7.67. The first kappa shape index (κ1) is 22.6. The van der Waals surface area contributed by atoms with E-state index in [9.17, 15) is 22.4 Å². The lowest BCUT2D eigenvalue weighted by molar-refractivity contribution is -0.133. The van der Waals surface area contributed by atoms with Crippen LogP contribution in [0.1, 0.15) is 24.2 Å². The molecule has 1 amide bonds. The number of nitrogens with zero attached hydrogens (tertiary/aromatic N) is 4. The molecule has 2 saturated heterocycles. The van der Waals surface area contributed by atoms with Crippen molar-refractivity contribution >= 4 is 27.4 Å². The van der Waals surface area contributed by atoms with Crippen molar-refractivity contribution in [3.8, 4) is 0 Å². The Morgan fingerprint density at radius 2 is 1.63 bits per heavy atom. The predicted octanol–water partition coefficient (Wildman–Crippen LogP) is 0.644. The highest BCUT2D eigenvalue weighted by molar-refractivity contribution is 7.89. The van der Waals surface area contributed by atoms with E-state index < -0.39 is 15.8 Å². The maximum Gasteiger partial charge on any atom is 0.236 e. The number of carbonyl (C=O) groups is 2. The van der Waals surface area contributed by atoms with Crippen LogP contribution >= 0.6 is 0 Å². The fraction of sp³-hybridized carbons (Fsp3) is 0.600. The van der Waals surface area contributed by atoms with E-state index in [2.05, 4.69) is 0 Å². The van der Waals surface area contributed by atoms with Crippen molar-refractivity contribution in [2.45, 2.75) is 13.8 Å². The van der Waals surface area contributed by atoms with E-state index in [4.69, 9.17) is 0 Å². The molecule has 0 aromatic heterocycles. The molecule has 8 nitrogen and oxygen atoms in total. The first-order chi connectivity index (χ1) is 14.2. The summed E-state index contributed by atoms with van der Waals surface area (Å²) in [6.07, 6.45) is 0. The van der Waals surface area contributed by atoms with Gasteiger partial charge in [0.25, 0.3) is 0 Å². The SMILES string of the molecule is CCS(=O)(=O)N1CCN(CC(=O)N2CCN(c3ccc(C(C)=O)cc3F)CC2)CC1. The monoisotopic (exact) mass is 440 g/mol. The molecule has 30 heavy (non-hydrogen) atoms. The smallest absolute Gasteiger partial charge is 0.236 e. The molecule has 0 aliphatic carbocycles. The molecule has 0 atom stereocenters. The van der Waals surface area contributed by atoms with Crippen molar-refractivity contribution in [2.24, 2.45) is 0 Å². The number of anilines is 1. The second kappa shape index (κ2) is 9.40. The average molecular weight is 441 g/mol. The van der Waals surface area contributed by atoms with Crippen molar-refractivity contribution in [1.29, 1.82) is 0 Å². The summed E-state index contributed by atoms with van der Waals surface area (Å²) in [6.45, 7) is 7.23. The number of hydrogen-bond donors (Lipinski definition) is 0. The summed E-state index contributed by atoms with van der Waals surface area (Å²) in [5, 5.41) is 0. The minimum absolute atomic E-state index is 0.00819. The summed E-state index contributed by atoms with van der Waals surface area (Å²) in [5.41, 5.74) is 0.789. The zero-order valence-corrected chi connectivity index (χ0v) is 18.3. The molecule has 0 bridgehead atoms. The van der Waals surface area contributed by atoms with Crippen LogP contribution in [0.4, 0.5) is 10.1 Å². The zero-order valence-electron chi connectivity index (χ0n) is 17.5. The summed E-state index contributed by atoms with van der Waals surface area (Å²) in [5.74, 6) is -0.505. The van der Waals surface area contributed by atoms with Crippen LogP contribution < -0.4 is 4.90 Å². The van der Waals surface area contributed by atoms with Gasteiger partial charge in [-0.05, 0) is 32.0 Å². The molecule has 0 unspecified atom stereocenters. The molecular formula is C20H29FN4O4S. The summed E-state index contributed by atoms with van der Waals surface area (Å²) >= 11 is 0. The lowest BCUT2D eigenvalue weighted by Crippen LogP contribution is -2.54. The Bertz CT molecular complexity index is 892. The molecule has 2 fully saturated rings. The number of carbonyl (C=O) groups excluding carboxylic acids is 2. The molecular weight excluding hydrogens is 411 g/mol. The number of rotatable bonds is 6. The lowest BCUT2D eigenvalue weighted by atomic mass is 10.1. The number of sulfonamides is 1. The van der Waals surface area contributed by atoms with Gasteiger partial charge in [0.05, 0.1) is 18.0 Å². The standard InChI is InChI=1S/C20H29FN4O4S/c1-3-30(28,29)25-12-6-22(7-13-25)15-20(27)24-10-8-23(9-11-24)19-5-4-17(16(2)26)14-18(19)21/h4-5,14H,3,6-13,15H2,1-2H3. The first-order valence-corrected chi connectivity index (χ1v) is 11.9. The molecule has 0 N–H and O–H groups in total. The van der Waals surface area contributed by atoms with E-state index in [1.54, 1.807) is 24.0 Å². The fourth-order valence-electron chi connectivity index (χ4n) is 3.82. The molecule has 166 valence electrons. The Morgan fingerprint density at radius 3 is 2.17 bits per heavy atom. The van der Waals surface area contributed by atoms with E-state index in [1.165, 1.54) is 17.3 Å². The van der Waals surface area contributed by atoms with E-state index in [0.717, 1.165) is 0 Å². The van der Waals surface area contributed by atoms with Gasteiger partial charge in [0.15, 0.2) is 5.78 Å². The van der Waals surface area contributed by atoms with Gasteiger partial charge in [-0.2, -0.15) is 4.31 Å². The number of Topliss-reactive ketones (excluding diaryl/α,β-unsaturated/α-hetero) is 1. The minimum atomic E-state index is -3.18. The minimum Gasteiger partial charge on any atom is -0.366 e. The van der Waals surface area contributed by atoms with Crippen LogP contribution in [0.15, 0.2) is 18.2 Å². The van der Waals surface area contributed by atoms with Crippen LogP contribution in [-0.2, 0) is 14.8 Å². The Labute approximate surface area is 177 Å². The van der Waals surface area contributed by atoms with Gasteiger partial charge < -0.3 is 9.80 Å². The number of amides is 1. The number of halogens is 1. The van der Waals surface area contributed by atoms with Crippen LogP contribution in [0.5, 0.6) is 0 Å². The van der Waals surface area contributed by atoms with Gasteiger partial charge in [-0.1, -0.05) is 0 Å². The quantitative estimate of drug-likeness (QED) is 0.604. The normalized spacial score (nSPS) is 19.2. The second-order valence-corrected chi connectivity index (χ2v) is 9.92. The molecule has 0 radical (unpaired) electrons. The van der Waals surface area contributed by atoms with Gasteiger partial charge in [-0.3, -0.25) is 14.5 Å². The lowest BCUT2D eigenvalue weighted by Gasteiger charge is -2.38. The van der Waals surface area contributed by atoms with Gasteiger partial charge in [0.1, 0.15) is 5.82 Å². The Kier molecular flexibility index (Phi) is 7.10. The highest BCUT2D eigenvalue weighted by Gasteiger charge is 2.28. The molecule has 3 rings (SSSR count). The van der Waals surface area contributed by atoms with Crippen LogP contribution in [0.25, 0.3) is 0 Å². The Morgan fingerprint density at radius 1 is 1.00 bits per heavy atom. The van der Waals surface area contributed by atoms with E-state index in [0.29, 0.717) is 63.6 Å². The van der Waals surface area contributed by atoms with E-state index in [1.807, 2.05) is 9.80 Å². The van der Waals surface area contributed by atoms with Crippen LogP contribution in [-0.4, -0.2) is 98.9 Å². The highest BCUT2D eigenvalue weighted by Crippen LogP contribution is 2.22. The molecule has 0 saturated carbocycles. The van der Waals surface area contributed by atoms with Crippen molar-refractivity contribution in [3.63, 3.8) is 0 Å². The number of hydrogen-bond acceptors (Lipinski definition) is 6. The van der Waals surface area contributed by atoms with Crippen LogP contribution in [0, 0.1) is 5.82 Å². The molecule has 1 aromatic rings. The largest absolute Gasteiger partial charge is 0.366 e. The molecule has 1 aromatic carbocycles. The predicted molar refractivity (Wildman–Crippen MR) is 113 cm³/mol. The molecule has 10 heteroatoms. The Hall–Kier alpha value is -2.04. The van der Waals surface area contributed by atoms with Crippen molar-refractivity contribution < 1.29 is 22.4 Å². The van der Waals surface area contributed by atoms with Crippen molar-refractivity contribution in [2.75, 3.05) is 69.6 Å². The van der Waals surface area contributed by atoms with Gasteiger partial charge in [-0.15, -0.1) is 0 Å². The molecule has 0 spiro atoms. The van der Waals surface area contributed by atoms with Gasteiger partial charge in [-0.25, -0.2) is 12.8 Å². The van der Waals surface area contributed by atoms with Crippen LogP contribution in [0.2, 0.25) is 0 Å². The van der Waals surface area contributed by atoms with E-state index in [-0.39, 0.29) is 24.0 Å². The van der Waals surface area contributed by atoms with Gasteiger partial charge >= 0.3 is 0 Å². The van der Waals surface area contributed by atoms with Crippen molar-refractivity contribution in [1.82, 2.24) is 14.1 Å². The summed E-state index contributed by atoms with van der Waals surface area (Å²) in [7, 11) is -3.18. The van der Waals surface area contributed by atoms with E-state index >= 15 is 0 Å². The molecule has 2 aliphatic heterocycles. The summed E-state index contributed by atoms with van der Waals surface area (Å²) < 4.78 is 39.7. The maximum atomic E-state index is 14.4.